The van der Waals surface area contributed by atoms with Crippen molar-refractivity contribution < 1.29 is 14.3 Å². The first-order valence-electron chi connectivity index (χ1n) is 9.66. The van der Waals surface area contributed by atoms with Gasteiger partial charge in [0, 0.05) is 39.7 Å². The summed E-state index contributed by atoms with van der Waals surface area (Å²) in [7, 11) is 1.57. The van der Waals surface area contributed by atoms with E-state index in [9.17, 15) is 9.59 Å². The number of ether oxygens (including phenoxy) is 1. The van der Waals surface area contributed by atoms with Gasteiger partial charge in [-0.1, -0.05) is 30.3 Å². The minimum atomic E-state index is -0.376. The van der Waals surface area contributed by atoms with Crippen LogP contribution in [0.15, 0.2) is 30.3 Å². The molecule has 2 aliphatic rings. The second-order valence-corrected chi connectivity index (χ2v) is 7.75. The van der Waals surface area contributed by atoms with Crippen LogP contribution in [0.5, 0.6) is 0 Å². The first-order chi connectivity index (χ1) is 12.5. The van der Waals surface area contributed by atoms with Crippen LogP contribution in [-0.4, -0.2) is 61.0 Å². The van der Waals surface area contributed by atoms with Crippen molar-refractivity contribution in [2.45, 2.75) is 45.1 Å². The highest BCUT2D eigenvalue weighted by atomic mass is 16.5. The normalized spacial score (nSPS) is 21.1. The molecule has 1 atom stereocenters. The molecule has 1 unspecified atom stereocenters. The maximum atomic E-state index is 12.4. The second-order valence-electron chi connectivity index (χ2n) is 7.75. The van der Waals surface area contributed by atoms with E-state index in [0.29, 0.717) is 6.42 Å². The van der Waals surface area contributed by atoms with Gasteiger partial charge in [-0.2, -0.15) is 0 Å². The largest absolute Gasteiger partial charge is 0.372 e. The molecule has 1 aromatic carbocycles. The first kappa shape index (κ1) is 18.9. The Balaban J connectivity index is 1.56. The van der Waals surface area contributed by atoms with Crippen LogP contribution in [0.25, 0.3) is 0 Å². The molecule has 2 heterocycles. The highest BCUT2D eigenvalue weighted by molar-refractivity contribution is 5.80. The lowest BCUT2D eigenvalue weighted by Gasteiger charge is -2.47. The lowest BCUT2D eigenvalue weighted by atomic mass is 9.72. The predicted molar refractivity (Wildman–Crippen MR) is 101 cm³/mol. The number of benzene rings is 1. The molecule has 2 saturated heterocycles. The van der Waals surface area contributed by atoms with Crippen molar-refractivity contribution in [1.82, 2.24) is 9.80 Å². The van der Waals surface area contributed by atoms with E-state index in [4.69, 9.17) is 4.74 Å². The fourth-order valence-corrected chi connectivity index (χ4v) is 4.18. The number of hydrogen-bond donors (Lipinski definition) is 0. The second kappa shape index (κ2) is 8.21. The smallest absolute Gasteiger partial charge is 0.251 e. The summed E-state index contributed by atoms with van der Waals surface area (Å²) >= 11 is 0. The van der Waals surface area contributed by atoms with Gasteiger partial charge >= 0.3 is 0 Å². The van der Waals surface area contributed by atoms with Crippen LogP contribution in [0.2, 0.25) is 0 Å². The van der Waals surface area contributed by atoms with Crippen LogP contribution in [0.3, 0.4) is 0 Å². The Bertz CT molecular complexity index is 623. The molecule has 2 amide bonds. The minimum Gasteiger partial charge on any atom is -0.372 e. The molecule has 3 rings (SSSR count). The van der Waals surface area contributed by atoms with E-state index in [-0.39, 0.29) is 23.3 Å². The summed E-state index contributed by atoms with van der Waals surface area (Å²) < 4.78 is 5.16. The number of rotatable bonds is 5. The molecule has 0 aliphatic carbocycles. The topological polar surface area (TPSA) is 49.9 Å². The van der Waals surface area contributed by atoms with Crippen LogP contribution in [0.1, 0.15) is 38.2 Å². The van der Waals surface area contributed by atoms with Crippen molar-refractivity contribution in [3.8, 4) is 0 Å². The van der Waals surface area contributed by atoms with Crippen molar-refractivity contribution in [3.63, 3.8) is 0 Å². The zero-order valence-corrected chi connectivity index (χ0v) is 15.9. The summed E-state index contributed by atoms with van der Waals surface area (Å²) in [6.45, 7) is 4.96. The third-order valence-corrected chi connectivity index (χ3v) is 6.10. The molecule has 0 radical (unpaired) electrons. The van der Waals surface area contributed by atoms with Crippen molar-refractivity contribution in [2.24, 2.45) is 5.41 Å². The van der Waals surface area contributed by atoms with E-state index < -0.39 is 0 Å². The van der Waals surface area contributed by atoms with Gasteiger partial charge in [0.1, 0.15) is 6.10 Å². The Morgan fingerprint density at radius 2 is 1.88 bits per heavy atom. The van der Waals surface area contributed by atoms with Gasteiger partial charge in [0.25, 0.3) is 5.91 Å². The number of carbonyl (C=O) groups is 2. The van der Waals surface area contributed by atoms with Crippen molar-refractivity contribution in [3.05, 3.63) is 35.9 Å². The molecule has 2 aliphatic heterocycles. The van der Waals surface area contributed by atoms with Gasteiger partial charge in [-0.3, -0.25) is 9.59 Å². The monoisotopic (exact) mass is 358 g/mol. The number of hydrogen-bond acceptors (Lipinski definition) is 3. The minimum absolute atomic E-state index is 0.0789. The van der Waals surface area contributed by atoms with Crippen LogP contribution < -0.4 is 0 Å². The van der Waals surface area contributed by atoms with E-state index in [0.717, 1.165) is 51.9 Å². The Kier molecular flexibility index (Phi) is 5.97. The fourth-order valence-electron chi connectivity index (χ4n) is 4.18. The molecule has 0 aromatic heterocycles. The van der Waals surface area contributed by atoms with Gasteiger partial charge in [0.15, 0.2) is 0 Å². The number of amides is 2. The number of piperidine rings is 2. The predicted octanol–water partition coefficient (Wildman–Crippen LogP) is 2.50. The summed E-state index contributed by atoms with van der Waals surface area (Å²) in [6.07, 6.45) is 4.07. The third kappa shape index (κ3) is 4.26. The van der Waals surface area contributed by atoms with Crippen LogP contribution >= 0.6 is 0 Å². The molecular formula is C21H30N2O3. The van der Waals surface area contributed by atoms with E-state index in [2.05, 4.69) is 12.1 Å². The zero-order valence-electron chi connectivity index (χ0n) is 15.9. The van der Waals surface area contributed by atoms with Crippen molar-refractivity contribution >= 4 is 11.8 Å². The summed E-state index contributed by atoms with van der Waals surface area (Å²) in [6, 6.07) is 10.3. The van der Waals surface area contributed by atoms with Gasteiger partial charge < -0.3 is 14.5 Å². The quantitative estimate of drug-likeness (QED) is 0.813. The van der Waals surface area contributed by atoms with E-state index in [1.807, 2.05) is 28.0 Å². The maximum Gasteiger partial charge on any atom is 0.251 e. The summed E-state index contributed by atoms with van der Waals surface area (Å²) in [5.41, 5.74) is 1.45. The average Bonchev–Trinajstić information content (AvgIpc) is 2.69. The Labute approximate surface area is 156 Å². The molecule has 5 heteroatoms. The molecule has 26 heavy (non-hydrogen) atoms. The molecule has 0 bridgehead atoms. The van der Waals surface area contributed by atoms with E-state index in [1.54, 1.807) is 14.0 Å². The molecule has 1 aromatic rings. The Morgan fingerprint density at radius 3 is 2.54 bits per heavy atom. The van der Waals surface area contributed by atoms with Crippen LogP contribution in [0, 0.1) is 5.41 Å². The van der Waals surface area contributed by atoms with Crippen LogP contribution in [0.4, 0.5) is 0 Å². The molecular weight excluding hydrogens is 328 g/mol. The maximum absolute atomic E-state index is 12.4. The van der Waals surface area contributed by atoms with E-state index >= 15 is 0 Å². The SMILES string of the molecule is COC(C)C(=O)N1CCC2(CCC(=O)N(CCc3ccccc3)C2)CC1. The highest BCUT2D eigenvalue weighted by Crippen LogP contribution is 2.40. The Morgan fingerprint density at radius 1 is 1.19 bits per heavy atom. The van der Waals surface area contributed by atoms with Gasteiger partial charge in [0.2, 0.25) is 5.91 Å². The number of nitrogens with zero attached hydrogens (tertiary/aromatic N) is 2. The zero-order chi connectivity index (χ0) is 18.6. The lowest BCUT2D eigenvalue weighted by Crippen LogP contribution is -2.53. The Hall–Kier alpha value is -1.88. The van der Waals surface area contributed by atoms with E-state index in [1.165, 1.54) is 5.56 Å². The molecule has 1 spiro atoms. The highest BCUT2D eigenvalue weighted by Gasteiger charge is 2.41. The first-order valence-corrected chi connectivity index (χ1v) is 9.66. The fraction of sp³-hybridized carbons (Fsp3) is 0.619. The van der Waals surface area contributed by atoms with Crippen molar-refractivity contribution in [1.29, 1.82) is 0 Å². The number of likely N-dealkylation sites (tertiary alicyclic amines) is 2. The van der Waals surface area contributed by atoms with Gasteiger partial charge in [-0.25, -0.2) is 0 Å². The number of methoxy groups -OCH3 is 1. The van der Waals surface area contributed by atoms with Gasteiger partial charge in [0.05, 0.1) is 0 Å². The number of carbonyl (C=O) groups excluding carboxylic acids is 2. The average molecular weight is 358 g/mol. The molecule has 142 valence electrons. The standard InChI is InChI=1S/C21H30N2O3/c1-17(26-2)20(25)22-14-11-21(12-15-22)10-8-19(24)23(16-21)13-9-18-6-4-3-5-7-18/h3-7,17H,8-16H2,1-2H3. The third-order valence-electron chi connectivity index (χ3n) is 6.10. The molecule has 2 fully saturated rings. The van der Waals surface area contributed by atoms with Crippen LogP contribution in [-0.2, 0) is 20.7 Å². The van der Waals surface area contributed by atoms with Crippen molar-refractivity contribution in [2.75, 3.05) is 33.3 Å². The lowest BCUT2D eigenvalue weighted by molar-refractivity contribution is -0.147. The van der Waals surface area contributed by atoms with Gasteiger partial charge in [-0.05, 0) is 43.6 Å². The molecule has 5 nitrogen and oxygen atoms in total. The van der Waals surface area contributed by atoms with Gasteiger partial charge in [-0.15, -0.1) is 0 Å². The summed E-state index contributed by atoms with van der Waals surface area (Å²) in [5, 5.41) is 0. The summed E-state index contributed by atoms with van der Waals surface area (Å²) in [4.78, 5) is 28.7. The molecule has 0 saturated carbocycles. The summed E-state index contributed by atoms with van der Waals surface area (Å²) in [5.74, 6) is 0.355. The molecule has 0 N–H and O–H groups in total.